The molecule has 0 radical (unpaired) electrons. The molecule has 2 aliphatic rings. The number of hydrogen-bond acceptors (Lipinski definition) is 4. The molecule has 2 aromatic heterocycles. The molecule has 1 aromatic carbocycles. The van der Waals surface area contributed by atoms with Crippen molar-refractivity contribution in [3.8, 4) is 17.0 Å². The molecule has 3 aromatic rings. The van der Waals surface area contributed by atoms with Crippen molar-refractivity contribution in [2.45, 2.75) is 44.6 Å². The van der Waals surface area contributed by atoms with Gasteiger partial charge in [0.2, 0.25) is 0 Å². The molecule has 4 nitrogen and oxygen atoms in total. The number of nitrogens with one attached hydrogen (secondary N) is 1. The number of nitrogens with zero attached hydrogens (tertiary/aromatic N) is 2. The van der Waals surface area contributed by atoms with Crippen molar-refractivity contribution in [2.24, 2.45) is 0 Å². The first-order valence-corrected chi connectivity index (χ1v) is 11.2. The standard InChI is InChI=1S/C23H23F2N3OS/c1-29-16-11-17(24)20(18(25)12-16)21-22(26-15-9-5-6-10-15)28-19(13-30-23(28)27-21)14-7-3-2-4-8-14/h2-3,7,11-13,15,26H,4-6,8-10H2,1H3. The second-order valence-corrected chi connectivity index (χ2v) is 8.63. The molecular weight excluding hydrogens is 404 g/mol. The number of anilines is 1. The number of hydrogen-bond donors (Lipinski definition) is 1. The predicted molar refractivity (Wildman–Crippen MR) is 117 cm³/mol. The van der Waals surface area contributed by atoms with E-state index in [4.69, 9.17) is 4.74 Å². The third-order valence-corrected chi connectivity index (χ3v) is 6.72. The summed E-state index contributed by atoms with van der Waals surface area (Å²) in [6.07, 6.45) is 12.6. The lowest BCUT2D eigenvalue weighted by atomic mass is 10.0. The van der Waals surface area contributed by atoms with Crippen LogP contribution in [0.5, 0.6) is 5.75 Å². The summed E-state index contributed by atoms with van der Waals surface area (Å²) in [5.41, 5.74) is 2.45. The largest absolute Gasteiger partial charge is 0.497 e. The van der Waals surface area contributed by atoms with Gasteiger partial charge in [-0.05, 0) is 31.3 Å². The lowest BCUT2D eigenvalue weighted by Crippen LogP contribution is -2.17. The minimum Gasteiger partial charge on any atom is -0.497 e. The summed E-state index contributed by atoms with van der Waals surface area (Å²) in [7, 11) is 1.40. The van der Waals surface area contributed by atoms with Gasteiger partial charge < -0.3 is 10.1 Å². The van der Waals surface area contributed by atoms with Crippen molar-refractivity contribution >= 4 is 27.7 Å². The number of imidazole rings is 1. The lowest BCUT2D eigenvalue weighted by Gasteiger charge is -2.17. The van der Waals surface area contributed by atoms with Crippen molar-refractivity contribution < 1.29 is 13.5 Å². The Kier molecular flexibility index (Phi) is 5.06. The van der Waals surface area contributed by atoms with Crippen LogP contribution in [0.4, 0.5) is 14.6 Å². The van der Waals surface area contributed by atoms with Gasteiger partial charge in [-0.1, -0.05) is 31.1 Å². The summed E-state index contributed by atoms with van der Waals surface area (Å²) in [5, 5.41) is 5.66. The highest BCUT2D eigenvalue weighted by Crippen LogP contribution is 2.40. The van der Waals surface area contributed by atoms with Crippen LogP contribution in [-0.2, 0) is 0 Å². The fourth-order valence-electron chi connectivity index (χ4n) is 4.36. The average Bonchev–Trinajstić information content (AvgIpc) is 3.47. The smallest absolute Gasteiger partial charge is 0.196 e. The molecular formula is C23H23F2N3OS. The Bertz CT molecular complexity index is 1130. The first kappa shape index (κ1) is 19.3. The topological polar surface area (TPSA) is 38.6 Å². The van der Waals surface area contributed by atoms with Crippen molar-refractivity contribution in [1.82, 2.24) is 9.38 Å². The zero-order valence-corrected chi connectivity index (χ0v) is 17.6. The minimum atomic E-state index is -0.673. The molecule has 1 saturated carbocycles. The maximum Gasteiger partial charge on any atom is 0.196 e. The summed E-state index contributed by atoms with van der Waals surface area (Å²) in [4.78, 5) is 5.40. The van der Waals surface area contributed by atoms with E-state index in [0.717, 1.165) is 49.2 Å². The van der Waals surface area contributed by atoms with E-state index < -0.39 is 11.6 Å². The van der Waals surface area contributed by atoms with Gasteiger partial charge in [0.25, 0.3) is 0 Å². The van der Waals surface area contributed by atoms with Crippen LogP contribution in [-0.4, -0.2) is 22.5 Å². The van der Waals surface area contributed by atoms with Gasteiger partial charge in [-0.15, -0.1) is 11.3 Å². The van der Waals surface area contributed by atoms with Gasteiger partial charge in [0.1, 0.15) is 28.9 Å². The molecule has 0 unspecified atom stereocenters. The summed E-state index contributed by atoms with van der Waals surface area (Å²) in [6, 6.07) is 2.70. The number of benzene rings is 1. The number of halogens is 2. The molecule has 0 saturated heterocycles. The number of thiazole rings is 1. The van der Waals surface area contributed by atoms with Crippen LogP contribution < -0.4 is 10.1 Å². The molecule has 0 bridgehead atoms. The van der Waals surface area contributed by atoms with E-state index in [0.29, 0.717) is 11.5 Å². The first-order valence-electron chi connectivity index (χ1n) is 10.3. The van der Waals surface area contributed by atoms with Gasteiger partial charge in [0.05, 0.1) is 18.4 Å². The molecule has 1 fully saturated rings. The van der Waals surface area contributed by atoms with E-state index in [-0.39, 0.29) is 17.4 Å². The Morgan fingerprint density at radius 1 is 1.20 bits per heavy atom. The lowest BCUT2D eigenvalue weighted by molar-refractivity contribution is 0.407. The van der Waals surface area contributed by atoms with Gasteiger partial charge in [0.15, 0.2) is 4.96 Å². The number of rotatable bonds is 5. The number of aromatic nitrogens is 2. The monoisotopic (exact) mass is 427 g/mol. The molecule has 7 heteroatoms. The zero-order valence-electron chi connectivity index (χ0n) is 16.8. The maximum atomic E-state index is 15.0. The van der Waals surface area contributed by atoms with Crippen LogP contribution in [0, 0.1) is 11.6 Å². The highest BCUT2D eigenvalue weighted by Gasteiger charge is 2.27. The maximum absolute atomic E-state index is 15.0. The van der Waals surface area contributed by atoms with Crippen LogP contribution in [0.25, 0.3) is 21.8 Å². The minimum absolute atomic E-state index is 0.115. The Labute approximate surface area is 177 Å². The normalized spacial score (nSPS) is 17.0. The van der Waals surface area contributed by atoms with Gasteiger partial charge in [-0.2, -0.15) is 0 Å². The van der Waals surface area contributed by atoms with Crippen LogP contribution in [0.15, 0.2) is 35.7 Å². The molecule has 156 valence electrons. The van der Waals surface area contributed by atoms with E-state index in [1.54, 1.807) is 0 Å². The van der Waals surface area contributed by atoms with Crippen LogP contribution in [0.2, 0.25) is 0 Å². The predicted octanol–water partition coefficient (Wildman–Crippen LogP) is 6.44. The van der Waals surface area contributed by atoms with Crippen molar-refractivity contribution in [1.29, 1.82) is 0 Å². The molecule has 2 aliphatic carbocycles. The fraction of sp³-hybridized carbons (Fsp3) is 0.348. The molecule has 2 heterocycles. The van der Waals surface area contributed by atoms with Crippen molar-refractivity contribution in [3.05, 3.63) is 53.1 Å². The van der Waals surface area contributed by atoms with Crippen molar-refractivity contribution in [3.63, 3.8) is 0 Å². The Morgan fingerprint density at radius 2 is 1.97 bits per heavy atom. The fourth-order valence-corrected chi connectivity index (χ4v) is 5.28. The molecule has 0 spiro atoms. The van der Waals surface area contributed by atoms with Gasteiger partial charge in [0, 0.05) is 23.6 Å². The van der Waals surface area contributed by atoms with Crippen LogP contribution >= 0.6 is 11.3 Å². The number of fused-ring (bicyclic) bond motifs is 1. The SMILES string of the molecule is COc1cc(F)c(-c2nc3scc(C4=CC=CCC4)n3c2NC2CCCC2)c(F)c1. The summed E-state index contributed by atoms with van der Waals surface area (Å²) >= 11 is 1.49. The second kappa shape index (κ2) is 7.87. The zero-order chi connectivity index (χ0) is 20.7. The summed E-state index contributed by atoms with van der Waals surface area (Å²) < 4.78 is 37.0. The Hall–Kier alpha value is -2.67. The van der Waals surface area contributed by atoms with Gasteiger partial charge in [-0.25, -0.2) is 13.8 Å². The molecule has 0 atom stereocenters. The van der Waals surface area contributed by atoms with Crippen LogP contribution in [0.1, 0.15) is 44.2 Å². The number of methoxy groups -OCH3 is 1. The summed E-state index contributed by atoms with van der Waals surface area (Å²) in [5.74, 6) is -0.520. The van der Waals surface area contributed by atoms with E-state index in [2.05, 4.69) is 33.9 Å². The van der Waals surface area contributed by atoms with E-state index in [1.165, 1.54) is 36.2 Å². The van der Waals surface area contributed by atoms with Crippen molar-refractivity contribution in [2.75, 3.05) is 12.4 Å². The molecule has 30 heavy (non-hydrogen) atoms. The van der Waals surface area contributed by atoms with Crippen LogP contribution in [0.3, 0.4) is 0 Å². The average molecular weight is 428 g/mol. The molecule has 0 amide bonds. The number of ether oxygens (including phenoxy) is 1. The molecule has 5 rings (SSSR count). The quantitative estimate of drug-likeness (QED) is 0.509. The highest BCUT2D eigenvalue weighted by atomic mass is 32.1. The van der Waals surface area contributed by atoms with Gasteiger partial charge >= 0.3 is 0 Å². The Morgan fingerprint density at radius 3 is 2.63 bits per heavy atom. The van der Waals surface area contributed by atoms with E-state index in [9.17, 15) is 8.78 Å². The number of allylic oxidation sites excluding steroid dienone is 4. The first-order chi connectivity index (χ1) is 14.7. The molecule has 1 N–H and O–H groups in total. The third kappa shape index (κ3) is 3.31. The van der Waals surface area contributed by atoms with E-state index >= 15 is 0 Å². The van der Waals surface area contributed by atoms with E-state index in [1.807, 2.05) is 4.40 Å². The second-order valence-electron chi connectivity index (χ2n) is 7.80. The third-order valence-electron chi connectivity index (χ3n) is 5.89. The van der Waals surface area contributed by atoms with Gasteiger partial charge in [-0.3, -0.25) is 4.40 Å². The Balaban J connectivity index is 1.71. The molecule has 0 aliphatic heterocycles. The highest BCUT2D eigenvalue weighted by molar-refractivity contribution is 7.15. The summed E-state index contributed by atoms with van der Waals surface area (Å²) in [6.45, 7) is 0.